The number of hydrogen-bond donors (Lipinski definition) is 3. The zero-order valence-electron chi connectivity index (χ0n) is 24.9. The number of carbonyl (C=O) groups is 1. The molecule has 0 aliphatic heterocycles. The van der Waals surface area contributed by atoms with Gasteiger partial charge in [0.2, 0.25) is 0 Å². The first-order valence-electron chi connectivity index (χ1n) is 16.3. The second kappa shape index (κ2) is 24.1. The third kappa shape index (κ3) is 17.1. The molecule has 1 aliphatic rings. The molecular formula is C32H62O6. The molecule has 0 aromatic heterocycles. The van der Waals surface area contributed by atoms with E-state index in [1.807, 2.05) is 0 Å². The van der Waals surface area contributed by atoms with Crippen LogP contribution in [0.3, 0.4) is 0 Å². The summed E-state index contributed by atoms with van der Waals surface area (Å²) >= 11 is 0. The molecule has 5 atom stereocenters. The number of hydrogen-bond acceptors (Lipinski definition) is 6. The molecule has 1 aliphatic carbocycles. The maximum atomic E-state index is 12.0. The Kier molecular flexibility index (Phi) is 22.4. The van der Waals surface area contributed by atoms with Crippen LogP contribution in [0.4, 0.5) is 0 Å². The van der Waals surface area contributed by atoms with Crippen LogP contribution in [0, 0.1) is 11.8 Å². The van der Waals surface area contributed by atoms with Crippen LogP contribution >= 0.6 is 0 Å². The predicted molar refractivity (Wildman–Crippen MR) is 155 cm³/mol. The highest BCUT2D eigenvalue weighted by molar-refractivity contribution is 5.69. The molecule has 0 radical (unpaired) electrons. The summed E-state index contributed by atoms with van der Waals surface area (Å²) in [5.41, 5.74) is 0. The minimum Gasteiger partial charge on any atom is -0.466 e. The fourth-order valence-corrected chi connectivity index (χ4v) is 6.01. The van der Waals surface area contributed by atoms with Gasteiger partial charge < -0.3 is 24.8 Å². The minimum absolute atomic E-state index is 0.00875. The fourth-order valence-electron chi connectivity index (χ4n) is 6.01. The molecule has 0 aromatic carbocycles. The van der Waals surface area contributed by atoms with Crippen molar-refractivity contribution in [3.63, 3.8) is 0 Å². The van der Waals surface area contributed by atoms with Gasteiger partial charge in [0, 0.05) is 12.8 Å². The smallest absolute Gasteiger partial charge is 0.305 e. The molecule has 38 heavy (non-hydrogen) atoms. The van der Waals surface area contributed by atoms with Crippen molar-refractivity contribution >= 4 is 5.97 Å². The van der Waals surface area contributed by atoms with Crippen LogP contribution in [0.15, 0.2) is 0 Å². The van der Waals surface area contributed by atoms with Crippen LogP contribution in [0.1, 0.15) is 149 Å². The molecule has 6 nitrogen and oxygen atoms in total. The molecule has 1 rings (SSSR count). The molecular weight excluding hydrogens is 480 g/mol. The Morgan fingerprint density at radius 2 is 1.39 bits per heavy atom. The molecule has 1 unspecified atom stereocenters. The van der Waals surface area contributed by atoms with E-state index in [2.05, 4.69) is 13.8 Å². The van der Waals surface area contributed by atoms with E-state index in [0.29, 0.717) is 26.1 Å². The maximum Gasteiger partial charge on any atom is 0.305 e. The number of ether oxygens (including phenoxy) is 2. The van der Waals surface area contributed by atoms with Crippen LogP contribution in [0.2, 0.25) is 0 Å². The van der Waals surface area contributed by atoms with Gasteiger partial charge in [-0.05, 0) is 50.4 Å². The van der Waals surface area contributed by atoms with E-state index >= 15 is 0 Å². The lowest BCUT2D eigenvalue weighted by Crippen LogP contribution is -2.26. The molecule has 0 aromatic rings. The summed E-state index contributed by atoms with van der Waals surface area (Å²) in [6.07, 6.45) is 21.1. The van der Waals surface area contributed by atoms with Crippen molar-refractivity contribution in [1.82, 2.24) is 0 Å². The number of unbranched alkanes of at least 4 members (excludes halogenated alkanes) is 12. The van der Waals surface area contributed by atoms with E-state index in [4.69, 9.17) is 9.47 Å². The first kappa shape index (κ1) is 35.3. The van der Waals surface area contributed by atoms with Crippen LogP contribution in [0.5, 0.6) is 0 Å². The molecule has 1 saturated carbocycles. The number of esters is 1. The van der Waals surface area contributed by atoms with E-state index in [-0.39, 0.29) is 42.7 Å². The quantitative estimate of drug-likeness (QED) is 0.0796. The molecule has 226 valence electrons. The molecule has 0 spiro atoms. The van der Waals surface area contributed by atoms with Gasteiger partial charge in [-0.15, -0.1) is 0 Å². The van der Waals surface area contributed by atoms with Gasteiger partial charge in [-0.3, -0.25) is 4.79 Å². The SMILES string of the molecule is CCCCCCCCCCOC(=O)CCCCCC[C@@H]1[C@@H](CCC(O)CCCCC)[C@H](OCCO)C[C@@H]1O. The number of carbonyl (C=O) groups excluding carboxylic acids is 1. The summed E-state index contributed by atoms with van der Waals surface area (Å²) in [6.45, 7) is 5.26. The van der Waals surface area contributed by atoms with Crippen molar-refractivity contribution in [2.45, 2.75) is 167 Å². The molecule has 3 N–H and O–H groups in total. The summed E-state index contributed by atoms with van der Waals surface area (Å²) < 4.78 is 11.3. The molecule has 0 bridgehead atoms. The summed E-state index contributed by atoms with van der Waals surface area (Å²) in [6, 6.07) is 0. The Morgan fingerprint density at radius 3 is 2.11 bits per heavy atom. The van der Waals surface area contributed by atoms with E-state index in [0.717, 1.165) is 83.5 Å². The van der Waals surface area contributed by atoms with Crippen molar-refractivity contribution in [2.75, 3.05) is 19.8 Å². The van der Waals surface area contributed by atoms with Gasteiger partial charge in [-0.1, -0.05) is 97.3 Å². The Balaban J connectivity index is 2.20. The summed E-state index contributed by atoms with van der Waals surface area (Å²) in [5, 5.41) is 30.4. The lowest BCUT2D eigenvalue weighted by Gasteiger charge is -2.26. The molecule has 1 fully saturated rings. The van der Waals surface area contributed by atoms with E-state index in [1.165, 1.54) is 38.5 Å². The fraction of sp³-hybridized carbons (Fsp3) is 0.969. The Labute approximate surface area is 234 Å². The molecule has 0 heterocycles. The largest absolute Gasteiger partial charge is 0.466 e. The van der Waals surface area contributed by atoms with Gasteiger partial charge >= 0.3 is 5.97 Å². The Hall–Kier alpha value is -0.690. The van der Waals surface area contributed by atoms with Crippen molar-refractivity contribution in [1.29, 1.82) is 0 Å². The topological polar surface area (TPSA) is 96.2 Å². The lowest BCUT2D eigenvalue weighted by atomic mass is 9.84. The number of aliphatic hydroxyl groups excluding tert-OH is 3. The van der Waals surface area contributed by atoms with E-state index in [9.17, 15) is 20.1 Å². The predicted octanol–water partition coefficient (Wildman–Crippen LogP) is 7.11. The van der Waals surface area contributed by atoms with Crippen LogP contribution in [-0.4, -0.2) is 59.4 Å². The third-order valence-corrected chi connectivity index (χ3v) is 8.32. The van der Waals surface area contributed by atoms with Gasteiger partial charge in [-0.2, -0.15) is 0 Å². The molecule has 0 amide bonds. The monoisotopic (exact) mass is 542 g/mol. The van der Waals surface area contributed by atoms with Gasteiger partial charge in [-0.25, -0.2) is 0 Å². The average Bonchev–Trinajstić information content (AvgIpc) is 3.21. The zero-order chi connectivity index (χ0) is 27.8. The summed E-state index contributed by atoms with van der Waals surface area (Å²) in [7, 11) is 0. The standard InChI is InChI=1S/C32H62O6/c1-3-5-7-8-9-10-13-17-24-38-32(36)20-16-12-11-15-19-28-29(22-21-27(34)18-14-6-4-2)31(26-30(28)35)37-25-23-33/h27-31,33-35H,3-26H2,1-2H3/t27?,28-,29-,30+,31-/m1/s1. The zero-order valence-corrected chi connectivity index (χ0v) is 24.9. The highest BCUT2D eigenvalue weighted by Gasteiger charge is 2.42. The molecule has 0 saturated heterocycles. The summed E-state index contributed by atoms with van der Waals surface area (Å²) in [4.78, 5) is 12.0. The average molecular weight is 543 g/mol. The van der Waals surface area contributed by atoms with Gasteiger partial charge in [0.05, 0.1) is 38.1 Å². The Bertz CT molecular complexity index is 542. The second-order valence-corrected chi connectivity index (χ2v) is 11.6. The number of rotatable bonds is 26. The normalized spacial score (nSPS) is 22.1. The van der Waals surface area contributed by atoms with Gasteiger partial charge in [0.15, 0.2) is 0 Å². The van der Waals surface area contributed by atoms with E-state index in [1.54, 1.807) is 0 Å². The third-order valence-electron chi connectivity index (χ3n) is 8.32. The minimum atomic E-state index is -0.382. The first-order chi connectivity index (χ1) is 18.5. The molecule has 6 heteroatoms. The number of aliphatic hydroxyl groups is 3. The van der Waals surface area contributed by atoms with Crippen molar-refractivity contribution in [3.05, 3.63) is 0 Å². The van der Waals surface area contributed by atoms with E-state index < -0.39 is 0 Å². The maximum absolute atomic E-state index is 12.0. The second-order valence-electron chi connectivity index (χ2n) is 11.6. The Morgan fingerprint density at radius 1 is 0.763 bits per heavy atom. The van der Waals surface area contributed by atoms with Gasteiger partial charge in [0.1, 0.15) is 0 Å². The van der Waals surface area contributed by atoms with Crippen molar-refractivity contribution < 1.29 is 29.6 Å². The highest BCUT2D eigenvalue weighted by Crippen LogP contribution is 2.41. The van der Waals surface area contributed by atoms with Crippen LogP contribution in [0.25, 0.3) is 0 Å². The lowest BCUT2D eigenvalue weighted by molar-refractivity contribution is -0.143. The van der Waals surface area contributed by atoms with Crippen molar-refractivity contribution in [2.24, 2.45) is 11.8 Å². The highest BCUT2D eigenvalue weighted by atomic mass is 16.5. The van der Waals surface area contributed by atoms with Crippen LogP contribution < -0.4 is 0 Å². The van der Waals surface area contributed by atoms with Gasteiger partial charge in [0.25, 0.3) is 0 Å². The first-order valence-corrected chi connectivity index (χ1v) is 16.3. The van der Waals surface area contributed by atoms with Crippen molar-refractivity contribution in [3.8, 4) is 0 Å². The summed E-state index contributed by atoms with van der Waals surface area (Å²) in [5.74, 6) is 0.336. The van der Waals surface area contributed by atoms with Crippen LogP contribution in [-0.2, 0) is 14.3 Å².